The number of thiocarbonyl (C=S) groups is 1. The molecule has 0 saturated heterocycles. The Morgan fingerprint density at radius 2 is 1.92 bits per heavy atom. The van der Waals surface area contributed by atoms with Crippen molar-refractivity contribution in [2.45, 2.75) is 13.3 Å². The zero-order valence-corrected chi connectivity index (χ0v) is 15.1. The lowest BCUT2D eigenvalue weighted by molar-refractivity contribution is 0.340. The van der Waals surface area contributed by atoms with Crippen molar-refractivity contribution in [1.29, 1.82) is 0 Å². The molecule has 0 radical (unpaired) electrons. The monoisotopic (exact) mass is 343 g/mol. The van der Waals surface area contributed by atoms with Gasteiger partial charge in [0.05, 0.1) is 6.61 Å². The van der Waals surface area contributed by atoms with Gasteiger partial charge in [-0.25, -0.2) is 0 Å². The Kier molecular flexibility index (Phi) is 7.36. The van der Waals surface area contributed by atoms with E-state index in [9.17, 15) is 0 Å². The summed E-state index contributed by atoms with van der Waals surface area (Å²) in [5, 5.41) is 7.06. The van der Waals surface area contributed by atoms with E-state index < -0.39 is 0 Å². The van der Waals surface area contributed by atoms with Gasteiger partial charge in [0, 0.05) is 37.6 Å². The summed E-state index contributed by atoms with van der Waals surface area (Å²) in [7, 11) is 2.10. The van der Waals surface area contributed by atoms with Crippen LogP contribution < -0.4 is 20.3 Å². The normalized spacial score (nSPS) is 10.1. The zero-order valence-electron chi connectivity index (χ0n) is 14.3. The SMILES string of the molecule is CCOc1cccc(NC(=S)NCCCN(C)c2ccccc2)c1. The van der Waals surface area contributed by atoms with Crippen molar-refractivity contribution in [1.82, 2.24) is 5.32 Å². The van der Waals surface area contributed by atoms with Crippen molar-refractivity contribution in [2.75, 3.05) is 37.0 Å². The second-order valence-corrected chi connectivity index (χ2v) is 5.86. The Bertz CT molecular complexity index is 634. The molecule has 128 valence electrons. The molecule has 2 aromatic rings. The first-order valence-electron chi connectivity index (χ1n) is 8.23. The smallest absolute Gasteiger partial charge is 0.170 e. The van der Waals surface area contributed by atoms with E-state index in [1.807, 2.05) is 37.3 Å². The number of ether oxygens (including phenoxy) is 1. The summed E-state index contributed by atoms with van der Waals surface area (Å²) in [6.45, 7) is 4.42. The third-order valence-electron chi connectivity index (χ3n) is 3.56. The maximum Gasteiger partial charge on any atom is 0.170 e. The molecule has 2 aromatic carbocycles. The van der Waals surface area contributed by atoms with Gasteiger partial charge < -0.3 is 20.3 Å². The van der Waals surface area contributed by atoms with E-state index in [2.05, 4.69) is 46.8 Å². The third kappa shape index (κ3) is 6.08. The number of hydrogen-bond acceptors (Lipinski definition) is 3. The maximum atomic E-state index is 5.49. The van der Waals surface area contributed by atoms with Gasteiger partial charge in [-0.2, -0.15) is 0 Å². The van der Waals surface area contributed by atoms with E-state index in [1.54, 1.807) is 0 Å². The molecule has 5 heteroatoms. The number of nitrogens with zero attached hydrogens (tertiary/aromatic N) is 1. The highest BCUT2D eigenvalue weighted by atomic mass is 32.1. The predicted octanol–water partition coefficient (Wildman–Crippen LogP) is 3.90. The van der Waals surface area contributed by atoms with E-state index in [1.165, 1.54) is 5.69 Å². The number of rotatable bonds is 8. The summed E-state index contributed by atoms with van der Waals surface area (Å²) in [4.78, 5) is 2.24. The molecular formula is C19H25N3OS. The van der Waals surface area contributed by atoms with E-state index in [0.717, 1.165) is 30.9 Å². The fraction of sp³-hybridized carbons (Fsp3) is 0.316. The molecule has 0 spiro atoms. The summed E-state index contributed by atoms with van der Waals surface area (Å²) >= 11 is 5.34. The number of benzene rings is 2. The second kappa shape index (κ2) is 9.78. The fourth-order valence-electron chi connectivity index (χ4n) is 2.34. The largest absolute Gasteiger partial charge is 0.494 e. The van der Waals surface area contributed by atoms with Crippen molar-refractivity contribution < 1.29 is 4.74 Å². The summed E-state index contributed by atoms with van der Waals surface area (Å²) in [6.07, 6.45) is 1.01. The van der Waals surface area contributed by atoms with Crippen molar-refractivity contribution >= 4 is 28.7 Å². The zero-order chi connectivity index (χ0) is 17.2. The summed E-state index contributed by atoms with van der Waals surface area (Å²) in [5.74, 6) is 0.842. The molecule has 0 aliphatic rings. The fourth-order valence-corrected chi connectivity index (χ4v) is 2.56. The van der Waals surface area contributed by atoms with Crippen LogP contribution in [0.3, 0.4) is 0 Å². The lowest BCUT2D eigenvalue weighted by Gasteiger charge is -2.19. The molecule has 0 unspecified atom stereocenters. The van der Waals surface area contributed by atoms with Crippen LogP contribution in [0.5, 0.6) is 5.75 Å². The molecule has 0 heterocycles. The Hall–Kier alpha value is -2.27. The van der Waals surface area contributed by atoms with Crippen LogP contribution in [0.1, 0.15) is 13.3 Å². The molecule has 2 N–H and O–H groups in total. The Morgan fingerprint density at radius 3 is 2.67 bits per heavy atom. The van der Waals surface area contributed by atoms with Gasteiger partial charge in [-0.3, -0.25) is 0 Å². The van der Waals surface area contributed by atoms with Crippen molar-refractivity contribution in [3.8, 4) is 5.75 Å². The number of hydrogen-bond donors (Lipinski definition) is 2. The van der Waals surface area contributed by atoms with Crippen LogP contribution in [0, 0.1) is 0 Å². The Labute approximate surface area is 149 Å². The quantitative estimate of drug-likeness (QED) is 0.562. The van der Waals surface area contributed by atoms with E-state index in [-0.39, 0.29) is 0 Å². The highest BCUT2D eigenvalue weighted by Gasteiger charge is 2.01. The van der Waals surface area contributed by atoms with Crippen LogP contribution in [-0.4, -0.2) is 31.9 Å². The average molecular weight is 343 g/mol. The van der Waals surface area contributed by atoms with Gasteiger partial charge >= 0.3 is 0 Å². The molecule has 0 bridgehead atoms. The Balaban J connectivity index is 1.69. The van der Waals surface area contributed by atoms with Gasteiger partial charge in [0.2, 0.25) is 0 Å². The Morgan fingerprint density at radius 1 is 1.12 bits per heavy atom. The second-order valence-electron chi connectivity index (χ2n) is 5.45. The minimum Gasteiger partial charge on any atom is -0.494 e. The minimum atomic E-state index is 0.631. The molecule has 0 atom stereocenters. The summed E-state index contributed by atoms with van der Waals surface area (Å²) < 4.78 is 5.49. The molecule has 0 fully saturated rings. The molecule has 4 nitrogen and oxygen atoms in total. The predicted molar refractivity (Wildman–Crippen MR) is 106 cm³/mol. The average Bonchev–Trinajstić information content (AvgIpc) is 2.60. The van der Waals surface area contributed by atoms with Crippen LogP contribution in [-0.2, 0) is 0 Å². The molecular weight excluding hydrogens is 318 g/mol. The summed E-state index contributed by atoms with van der Waals surface area (Å²) in [5.41, 5.74) is 2.16. The van der Waals surface area contributed by atoms with Crippen LogP contribution in [0.4, 0.5) is 11.4 Å². The van der Waals surface area contributed by atoms with Gasteiger partial charge in [-0.05, 0) is 49.8 Å². The van der Waals surface area contributed by atoms with Gasteiger partial charge in [0.1, 0.15) is 5.75 Å². The highest BCUT2D eigenvalue weighted by molar-refractivity contribution is 7.80. The minimum absolute atomic E-state index is 0.631. The van der Waals surface area contributed by atoms with Gasteiger partial charge in [-0.15, -0.1) is 0 Å². The molecule has 24 heavy (non-hydrogen) atoms. The summed E-state index contributed by atoms with van der Waals surface area (Å²) in [6, 6.07) is 18.2. The van der Waals surface area contributed by atoms with E-state index in [4.69, 9.17) is 17.0 Å². The van der Waals surface area contributed by atoms with Gasteiger partial charge in [-0.1, -0.05) is 24.3 Å². The first kappa shape index (κ1) is 18.1. The number of nitrogens with one attached hydrogen (secondary N) is 2. The van der Waals surface area contributed by atoms with E-state index in [0.29, 0.717) is 11.7 Å². The lowest BCUT2D eigenvalue weighted by atomic mass is 10.3. The molecule has 2 rings (SSSR count). The number of para-hydroxylation sites is 1. The third-order valence-corrected chi connectivity index (χ3v) is 3.80. The molecule has 0 aliphatic carbocycles. The molecule has 0 saturated carbocycles. The first-order chi connectivity index (χ1) is 11.7. The van der Waals surface area contributed by atoms with Crippen molar-refractivity contribution in [3.05, 3.63) is 54.6 Å². The molecule has 0 aromatic heterocycles. The lowest BCUT2D eigenvalue weighted by Crippen LogP contribution is -2.31. The molecule has 0 amide bonds. The number of anilines is 2. The van der Waals surface area contributed by atoms with Crippen molar-refractivity contribution in [2.24, 2.45) is 0 Å². The van der Waals surface area contributed by atoms with Gasteiger partial charge in [0.15, 0.2) is 5.11 Å². The van der Waals surface area contributed by atoms with E-state index >= 15 is 0 Å². The highest BCUT2D eigenvalue weighted by Crippen LogP contribution is 2.17. The first-order valence-corrected chi connectivity index (χ1v) is 8.63. The standard InChI is InChI=1S/C19H25N3OS/c1-3-23-18-12-7-9-16(15-18)21-19(24)20-13-8-14-22(2)17-10-5-4-6-11-17/h4-7,9-12,15H,3,8,13-14H2,1-2H3,(H2,20,21,24). The topological polar surface area (TPSA) is 36.5 Å². The van der Waals surface area contributed by atoms with Gasteiger partial charge in [0.25, 0.3) is 0 Å². The van der Waals surface area contributed by atoms with Crippen LogP contribution in [0.15, 0.2) is 54.6 Å². The molecule has 0 aliphatic heterocycles. The van der Waals surface area contributed by atoms with Crippen LogP contribution in [0.25, 0.3) is 0 Å². The van der Waals surface area contributed by atoms with Crippen molar-refractivity contribution in [3.63, 3.8) is 0 Å². The maximum absolute atomic E-state index is 5.49. The van der Waals surface area contributed by atoms with Crippen LogP contribution >= 0.6 is 12.2 Å². The van der Waals surface area contributed by atoms with Crippen LogP contribution in [0.2, 0.25) is 0 Å².